The lowest BCUT2D eigenvalue weighted by Crippen LogP contribution is -2.04. The van der Waals surface area contributed by atoms with Gasteiger partial charge in [0.1, 0.15) is 17.5 Å². The number of hydrogen-bond acceptors (Lipinski definition) is 1. The Morgan fingerprint density at radius 1 is 1.21 bits per heavy atom. The monoisotopic (exact) mass is 202 g/mol. The van der Waals surface area contributed by atoms with E-state index in [2.05, 4.69) is 6.58 Å². The molecule has 5 heteroatoms. The number of halogens is 3. The second-order valence-electron chi connectivity index (χ2n) is 2.53. The smallest absolute Gasteiger partial charge is 0.335 e. The summed E-state index contributed by atoms with van der Waals surface area (Å²) in [5.74, 6) is -5.24. The summed E-state index contributed by atoms with van der Waals surface area (Å²) in [6, 6.07) is 0.791. The van der Waals surface area contributed by atoms with Gasteiger partial charge in [-0.2, -0.15) is 0 Å². The lowest BCUT2D eigenvalue weighted by atomic mass is 10.1. The first kappa shape index (κ1) is 10.3. The van der Waals surface area contributed by atoms with E-state index < -0.39 is 34.6 Å². The van der Waals surface area contributed by atoms with Crippen LogP contribution < -0.4 is 0 Å². The van der Waals surface area contributed by atoms with Crippen LogP contribution in [0.3, 0.4) is 0 Å². The molecular formula is C9H5F3O2. The predicted octanol–water partition coefficient (Wildman–Crippen LogP) is 2.20. The van der Waals surface area contributed by atoms with Crippen LogP contribution in [0.25, 0.3) is 5.57 Å². The van der Waals surface area contributed by atoms with Gasteiger partial charge in [0.05, 0.1) is 11.1 Å². The van der Waals surface area contributed by atoms with E-state index in [1.165, 1.54) is 0 Å². The molecule has 0 heterocycles. The topological polar surface area (TPSA) is 37.3 Å². The Kier molecular flexibility index (Phi) is 2.60. The van der Waals surface area contributed by atoms with E-state index in [0.29, 0.717) is 12.1 Å². The van der Waals surface area contributed by atoms with E-state index in [1.807, 2.05) is 0 Å². The Bertz CT molecular complexity index is 390. The van der Waals surface area contributed by atoms with E-state index in [0.717, 1.165) is 0 Å². The molecule has 0 aliphatic heterocycles. The Hall–Kier alpha value is -1.78. The highest BCUT2D eigenvalue weighted by Gasteiger charge is 2.18. The minimum absolute atomic E-state index is 0.395. The molecule has 0 spiro atoms. The third-order valence-electron chi connectivity index (χ3n) is 1.57. The molecule has 14 heavy (non-hydrogen) atoms. The molecule has 0 aliphatic carbocycles. The van der Waals surface area contributed by atoms with Crippen LogP contribution in [-0.4, -0.2) is 11.1 Å². The quantitative estimate of drug-likeness (QED) is 0.746. The lowest BCUT2D eigenvalue weighted by molar-refractivity contribution is -0.130. The molecule has 1 aromatic rings. The molecule has 1 rings (SSSR count). The molecule has 0 radical (unpaired) electrons. The molecule has 1 N–H and O–H groups in total. The van der Waals surface area contributed by atoms with Crippen molar-refractivity contribution in [2.24, 2.45) is 0 Å². The number of rotatable bonds is 2. The third-order valence-corrected chi connectivity index (χ3v) is 1.57. The van der Waals surface area contributed by atoms with Crippen molar-refractivity contribution in [3.05, 3.63) is 41.7 Å². The van der Waals surface area contributed by atoms with Crippen molar-refractivity contribution in [3.63, 3.8) is 0 Å². The van der Waals surface area contributed by atoms with Gasteiger partial charge in [0, 0.05) is 12.1 Å². The summed E-state index contributed by atoms with van der Waals surface area (Å²) in [6.45, 7) is 2.97. The number of hydrogen-bond donors (Lipinski definition) is 1. The van der Waals surface area contributed by atoms with Gasteiger partial charge < -0.3 is 5.11 Å². The largest absolute Gasteiger partial charge is 0.478 e. The minimum atomic E-state index is -1.56. The molecule has 0 saturated heterocycles. The van der Waals surface area contributed by atoms with E-state index in [-0.39, 0.29) is 0 Å². The Balaban J connectivity index is 3.35. The first-order valence-corrected chi connectivity index (χ1v) is 3.50. The molecule has 74 valence electrons. The molecule has 0 bridgehead atoms. The molecule has 0 atom stereocenters. The van der Waals surface area contributed by atoms with Gasteiger partial charge in [-0.25, -0.2) is 18.0 Å². The Labute approximate surface area is 77.3 Å². The van der Waals surface area contributed by atoms with Crippen molar-refractivity contribution in [3.8, 4) is 0 Å². The van der Waals surface area contributed by atoms with Crippen LogP contribution in [0.4, 0.5) is 13.2 Å². The summed E-state index contributed by atoms with van der Waals surface area (Å²) >= 11 is 0. The van der Waals surface area contributed by atoms with Crippen LogP contribution in [0.5, 0.6) is 0 Å². The molecule has 0 unspecified atom stereocenters. The molecular weight excluding hydrogens is 197 g/mol. The summed E-state index contributed by atoms with van der Waals surface area (Å²) in [5.41, 5.74) is -1.57. The fourth-order valence-electron chi connectivity index (χ4n) is 0.937. The SMILES string of the molecule is C=C(C(=O)O)c1c(F)cc(F)cc1F. The highest BCUT2D eigenvalue weighted by molar-refractivity contribution is 6.14. The van der Waals surface area contributed by atoms with E-state index in [9.17, 15) is 18.0 Å². The average Bonchev–Trinajstić information content (AvgIpc) is 2.01. The Morgan fingerprint density at radius 2 is 1.64 bits per heavy atom. The zero-order chi connectivity index (χ0) is 10.9. The summed E-state index contributed by atoms with van der Waals surface area (Å²) in [4.78, 5) is 10.4. The average molecular weight is 202 g/mol. The standard InChI is InChI=1S/C9H5F3O2/c1-4(9(13)14)8-6(11)2-5(10)3-7(8)12/h2-3H,1H2,(H,13,14). The van der Waals surface area contributed by atoms with Crippen LogP contribution in [0.2, 0.25) is 0 Å². The van der Waals surface area contributed by atoms with Crippen LogP contribution in [0.1, 0.15) is 5.56 Å². The zero-order valence-corrected chi connectivity index (χ0v) is 6.85. The van der Waals surface area contributed by atoms with Gasteiger partial charge in [-0.15, -0.1) is 0 Å². The number of carbonyl (C=O) groups is 1. The van der Waals surface area contributed by atoms with Gasteiger partial charge in [0.2, 0.25) is 0 Å². The first-order valence-electron chi connectivity index (χ1n) is 3.50. The van der Waals surface area contributed by atoms with Crippen LogP contribution in [0, 0.1) is 17.5 Å². The zero-order valence-electron chi connectivity index (χ0n) is 6.85. The molecule has 1 aromatic carbocycles. The number of carboxylic acids is 1. The number of aliphatic carboxylic acids is 1. The van der Waals surface area contributed by atoms with Crippen molar-refractivity contribution in [2.75, 3.05) is 0 Å². The van der Waals surface area contributed by atoms with Gasteiger partial charge in [-0.05, 0) is 0 Å². The van der Waals surface area contributed by atoms with Crippen molar-refractivity contribution in [1.82, 2.24) is 0 Å². The maximum Gasteiger partial charge on any atom is 0.335 e. The first-order chi connectivity index (χ1) is 6.43. The van der Waals surface area contributed by atoms with Gasteiger partial charge in [0.25, 0.3) is 0 Å². The van der Waals surface area contributed by atoms with E-state index in [1.54, 1.807) is 0 Å². The van der Waals surface area contributed by atoms with Gasteiger partial charge in [-0.3, -0.25) is 0 Å². The second-order valence-corrected chi connectivity index (χ2v) is 2.53. The number of carboxylic acid groups (broad SMARTS) is 1. The van der Waals surface area contributed by atoms with E-state index >= 15 is 0 Å². The van der Waals surface area contributed by atoms with Gasteiger partial charge in [-0.1, -0.05) is 6.58 Å². The molecule has 2 nitrogen and oxygen atoms in total. The molecule has 0 amide bonds. The Morgan fingerprint density at radius 3 is 2.00 bits per heavy atom. The van der Waals surface area contributed by atoms with Crippen molar-refractivity contribution < 1.29 is 23.1 Å². The van der Waals surface area contributed by atoms with Crippen molar-refractivity contribution in [1.29, 1.82) is 0 Å². The minimum Gasteiger partial charge on any atom is -0.478 e. The molecule has 0 saturated carbocycles. The fraction of sp³-hybridized carbons (Fsp3) is 0. The summed E-state index contributed by atoms with van der Waals surface area (Å²) in [7, 11) is 0. The lowest BCUT2D eigenvalue weighted by Gasteiger charge is -2.04. The fourth-order valence-corrected chi connectivity index (χ4v) is 0.937. The van der Waals surface area contributed by atoms with Crippen LogP contribution >= 0.6 is 0 Å². The van der Waals surface area contributed by atoms with Gasteiger partial charge in [0.15, 0.2) is 0 Å². The summed E-state index contributed by atoms with van der Waals surface area (Å²) in [5, 5.41) is 8.43. The van der Waals surface area contributed by atoms with Crippen molar-refractivity contribution in [2.45, 2.75) is 0 Å². The van der Waals surface area contributed by atoms with Crippen LogP contribution in [0.15, 0.2) is 18.7 Å². The predicted molar refractivity (Wildman–Crippen MR) is 43.0 cm³/mol. The third kappa shape index (κ3) is 1.76. The van der Waals surface area contributed by atoms with E-state index in [4.69, 9.17) is 5.11 Å². The highest BCUT2D eigenvalue weighted by Crippen LogP contribution is 2.21. The van der Waals surface area contributed by atoms with Gasteiger partial charge >= 0.3 is 5.97 Å². The summed E-state index contributed by atoms with van der Waals surface area (Å²) in [6.07, 6.45) is 0. The normalized spacial score (nSPS) is 9.93. The maximum absolute atomic E-state index is 12.9. The summed E-state index contributed by atoms with van der Waals surface area (Å²) < 4.78 is 38.3. The highest BCUT2D eigenvalue weighted by atomic mass is 19.1. The molecule has 0 aliphatic rings. The molecule has 0 fully saturated rings. The number of benzene rings is 1. The van der Waals surface area contributed by atoms with Crippen LogP contribution in [-0.2, 0) is 4.79 Å². The second kappa shape index (κ2) is 3.53. The van der Waals surface area contributed by atoms with Crippen molar-refractivity contribution >= 4 is 11.5 Å². The molecule has 0 aromatic heterocycles. The maximum atomic E-state index is 12.9.